The van der Waals surface area contributed by atoms with E-state index in [4.69, 9.17) is 10.5 Å². The average molecular weight is 134 g/mol. The fourth-order valence-corrected chi connectivity index (χ4v) is 0.779. The van der Waals surface area contributed by atoms with Crippen molar-refractivity contribution in [1.82, 2.24) is 0 Å². The Morgan fingerprint density at radius 2 is 1.30 bits per heavy atom. The van der Waals surface area contributed by atoms with Gasteiger partial charge in [0.05, 0.1) is 12.1 Å². The molecule has 1 rings (SSSR count). The summed E-state index contributed by atoms with van der Waals surface area (Å²) >= 11 is 0. The zero-order chi connectivity index (χ0) is 7.72. The zero-order valence-electron chi connectivity index (χ0n) is 4.87. The van der Waals surface area contributed by atoms with Crippen LogP contribution in [0.25, 0.3) is 0 Å². The van der Waals surface area contributed by atoms with Crippen LogP contribution in [0, 0.1) is 34.5 Å². The third-order valence-corrected chi connectivity index (χ3v) is 1.42. The average Bonchev–Trinajstić information content (AvgIpc) is 1.97. The number of rotatable bonds is 0. The lowest BCUT2D eigenvalue weighted by molar-refractivity contribution is -0.148. The molecule has 0 bridgehead atoms. The first-order valence-electron chi connectivity index (χ1n) is 2.59. The predicted octanol–water partition coefficient (Wildman–Crippen LogP) is -0.582. The van der Waals surface area contributed by atoms with Crippen LogP contribution >= 0.6 is 0 Å². The van der Waals surface area contributed by atoms with Crippen LogP contribution in [0.1, 0.15) is 0 Å². The molecule has 4 nitrogen and oxygen atoms in total. The Kier molecular flexibility index (Phi) is 1.24. The molecule has 1 fully saturated rings. The van der Waals surface area contributed by atoms with E-state index in [-0.39, 0.29) is 0 Å². The highest BCUT2D eigenvalue weighted by atomic mass is 16.2. The lowest BCUT2D eigenvalue weighted by atomic mass is 9.73. The molecule has 0 saturated heterocycles. The summed E-state index contributed by atoms with van der Waals surface area (Å²) < 4.78 is 0. The van der Waals surface area contributed by atoms with Gasteiger partial charge in [0, 0.05) is 0 Å². The summed E-state index contributed by atoms with van der Waals surface area (Å²) in [5.74, 6) is -3.46. The summed E-state index contributed by atoms with van der Waals surface area (Å²) in [4.78, 5) is 20.9. The van der Waals surface area contributed by atoms with Gasteiger partial charge < -0.3 is 0 Å². The number of hydrogen-bond donors (Lipinski definition) is 0. The Bertz CT molecular complexity index is 251. The highest BCUT2D eigenvalue weighted by molar-refractivity contribution is 6.47. The zero-order valence-corrected chi connectivity index (χ0v) is 4.87. The van der Waals surface area contributed by atoms with Crippen molar-refractivity contribution in [3.8, 4) is 12.1 Å². The number of carbonyl (C=O) groups is 2. The van der Waals surface area contributed by atoms with E-state index >= 15 is 0 Å². The smallest absolute Gasteiger partial charge is 0.218 e. The SMILES string of the molecule is N#CC1C(=O)C(=O)C1C#N. The maximum Gasteiger partial charge on any atom is 0.218 e. The molecule has 0 aromatic carbocycles. The van der Waals surface area contributed by atoms with E-state index in [1.807, 2.05) is 0 Å². The molecule has 0 heterocycles. The Labute approximate surface area is 56.7 Å². The topological polar surface area (TPSA) is 81.7 Å². The van der Waals surface area contributed by atoms with Crippen LogP contribution < -0.4 is 0 Å². The van der Waals surface area contributed by atoms with Gasteiger partial charge in [-0.2, -0.15) is 10.5 Å². The molecule has 1 saturated carbocycles. The molecule has 0 radical (unpaired) electrons. The first-order chi connectivity index (χ1) is 4.72. The second-order valence-corrected chi connectivity index (χ2v) is 1.94. The fraction of sp³-hybridized carbons (Fsp3) is 0.333. The Morgan fingerprint density at radius 1 is 1.00 bits per heavy atom. The first-order valence-corrected chi connectivity index (χ1v) is 2.59. The summed E-state index contributed by atoms with van der Waals surface area (Å²) in [5, 5.41) is 16.4. The molecule has 0 aliphatic heterocycles. The minimum Gasteiger partial charge on any atom is -0.289 e. The van der Waals surface area contributed by atoms with Gasteiger partial charge in [0.1, 0.15) is 11.8 Å². The van der Waals surface area contributed by atoms with Gasteiger partial charge in [0.2, 0.25) is 11.6 Å². The molecule has 4 heteroatoms. The standard InChI is InChI=1S/C6H2N2O2/c7-1-3-4(2-8)6(10)5(3)9/h3-4H. The lowest BCUT2D eigenvalue weighted by Crippen LogP contribution is -2.46. The number of ketones is 2. The maximum atomic E-state index is 10.4. The van der Waals surface area contributed by atoms with Crippen LogP contribution in [0.4, 0.5) is 0 Å². The maximum absolute atomic E-state index is 10.4. The van der Waals surface area contributed by atoms with E-state index in [1.54, 1.807) is 12.1 Å². The van der Waals surface area contributed by atoms with Gasteiger partial charge in [-0.05, 0) is 0 Å². The van der Waals surface area contributed by atoms with Gasteiger partial charge >= 0.3 is 0 Å². The molecule has 10 heavy (non-hydrogen) atoms. The molecule has 2 unspecified atom stereocenters. The highest BCUT2D eigenvalue weighted by Crippen LogP contribution is 2.25. The van der Waals surface area contributed by atoms with Crippen molar-refractivity contribution in [2.75, 3.05) is 0 Å². The second-order valence-electron chi connectivity index (χ2n) is 1.94. The number of carbonyl (C=O) groups excluding carboxylic acids is 2. The molecule has 0 aromatic rings. The minimum absolute atomic E-state index is 0.728. The van der Waals surface area contributed by atoms with Crippen LogP contribution in [-0.4, -0.2) is 11.6 Å². The molecule has 0 N–H and O–H groups in total. The Balaban J connectivity index is 2.85. The summed E-state index contributed by atoms with van der Waals surface area (Å²) in [6.07, 6.45) is 0. The molecule has 48 valence electrons. The van der Waals surface area contributed by atoms with Crippen molar-refractivity contribution >= 4 is 11.6 Å². The van der Waals surface area contributed by atoms with Crippen LogP contribution in [0.3, 0.4) is 0 Å². The third kappa shape index (κ3) is 0.533. The van der Waals surface area contributed by atoms with Gasteiger partial charge in [-0.1, -0.05) is 0 Å². The number of nitrogens with zero attached hydrogens (tertiary/aromatic N) is 2. The van der Waals surface area contributed by atoms with E-state index < -0.39 is 23.4 Å². The predicted molar refractivity (Wildman–Crippen MR) is 28.2 cm³/mol. The van der Waals surface area contributed by atoms with E-state index in [1.165, 1.54) is 0 Å². The number of hydrogen-bond acceptors (Lipinski definition) is 4. The van der Waals surface area contributed by atoms with Crippen LogP contribution in [0.2, 0.25) is 0 Å². The lowest BCUT2D eigenvalue weighted by Gasteiger charge is -2.20. The molecule has 0 spiro atoms. The second kappa shape index (κ2) is 1.93. The van der Waals surface area contributed by atoms with Gasteiger partial charge in [-0.3, -0.25) is 9.59 Å². The quantitative estimate of drug-likeness (QED) is 0.415. The van der Waals surface area contributed by atoms with Gasteiger partial charge in [0.15, 0.2) is 0 Å². The highest BCUT2D eigenvalue weighted by Gasteiger charge is 2.49. The van der Waals surface area contributed by atoms with Crippen molar-refractivity contribution < 1.29 is 9.59 Å². The number of nitriles is 2. The molecule has 1 aliphatic rings. The summed E-state index contributed by atoms with van der Waals surface area (Å²) in [5.41, 5.74) is 0. The molecular formula is C6H2N2O2. The van der Waals surface area contributed by atoms with Crippen molar-refractivity contribution in [3.05, 3.63) is 0 Å². The molecule has 0 aromatic heterocycles. The van der Waals surface area contributed by atoms with Gasteiger partial charge in [-0.15, -0.1) is 0 Å². The van der Waals surface area contributed by atoms with Crippen molar-refractivity contribution in [1.29, 1.82) is 10.5 Å². The Hall–Kier alpha value is -1.68. The third-order valence-electron chi connectivity index (χ3n) is 1.42. The first kappa shape index (κ1) is 6.44. The summed E-state index contributed by atoms with van der Waals surface area (Å²) in [7, 11) is 0. The normalized spacial score (nSPS) is 30.2. The van der Waals surface area contributed by atoms with Crippen molar-refractivity contribution in [2.24, 2.45) is 11.8 Å². The minimum atomic E-state index is -1.00. The van der Waals surface area contributed by atoms with E-state index in [0.717, 1.165) is 0 Å². The van der Waals surface area contributed by atoms with Crippen molar-refractivity contribution in [3.63, 3.8) is 0 Å². The largest absolute Gasteiger partial charge is 0.289 e. The van der Waals surface area contributed by atoms with E-state index in [9.17, 15) is 9.59 Å². The Morgan fingerprint density at radius 3 is 1.50 bits per heavy atom. The fourth-order valence-electron chi connectivity index (χ4n) is 0.779. The molecule has 0 amide bonds. The van der Waals surface area contributed by atoms with E-state index in [0.29, 0.717) is 0 Å². The monoisotopic (exact) mass is 134 g/mol. The van der Waals surface area contributed by atoms with Crippen LogP contribution in [0.15, 0.2) is 0 Å². The van der Waals surface area contributed by atoms with Gasteiger partial charge in [-0.25, -0.2) is 0 Å². The van der Waals surface area contributed by atoms with E-state index in [2.05, 4.69) is 0 Å². The summed E-state index contributed by atoms with van der Waals surface area (Å²) in [6.45, 7) is 0. The molecule has 1 aliphatic carbocycles. The van der Waals surface area contributed by atoms with Crippen LogP contribution in [0.5, 0.6) is 0 Å². The van der Waals surface area contributed by atoms with Crippen LogP contribution in [-0.2, 0) is 9.59 Å². The summed E-state index contributed by atoms with van der Waals surface area (Å²) in [6, 6.07) is 3.18. The molecular weight excluding hydrogens is 132 g/mol. The van der Waals surface area contributed by atoms with Gasteiger partial charge in [0.25, 0.3) is 0 Å². The molecule has 2 atom stereocenters. The number of Topliss-reactive ketones (excluding diaryl/α,β-unsaturated/α-hetero) is 2. The van der Waals surface area contributed by atoms with Crippen molar-refractivity contribution in [2.45, 2.75) is 0 Å².